The number of carbonyl (C=O) groups is 1. The van der Waals surface area contributed by atoms with Gasteiger partial charge in [0.15, 0.2) is 11.6 Å². The van der Waals surface area contributed by atoms with Gasteiger partial charge in [-0.05, 0) is 37.9 Å². The Hall–Kier alpha value is -4.06. The van der Waals surface area contributed by atoms with Gasteiger partial charge in [0.2, 0.25) is 0 Å². The van der Waals surface area contributed by atoms with Crippen molar-refractivity contribution < 1.29 is 32.5 Å². The maximum absolute atomic E-state index is 17.1. The monoisotopic (exact) mass is 686 g/mol. The van der Waals surface area contributed by atoms with Gasteiger partial charge in [0.05, 0.1) is 32.8 Å². The zero-order chi connectivity index (χ0) is 33.4. The quantitative estimate of drug-likeness (QED) is 0.224. The van der Waals surface area contributed by atoms with Crippen LogP contribution in [0, 0.1) is 28.9 Å². The molecule has 0 radical (unpaired) electrons. The van der Waals surface area contributed by atoms with Crippen molar-refractivity contribution in [1.29, 1.82) is 5.26 Å². The smallest absolute Gasteiger partial charge is 0.409 e. The Morgan fingerprint density at radius 2 is 2.11 bits per heavy atom. The van der Waals surface area contributed by atoms with E-state index in [9.17, 15) is 19.6 Å². The molecule has 15 heteroatoms. The van der Waals surface area contributed by atoms with Crippen molar-refractivity contribution >= 4 is 60.8 Å². The van der Waals surface area contributed by atoms with E-state index < -0.39 is 29.4 Å². The lowest BCUT2D eigenvalue weighted by atomic mass is 9.95. The van der Waals surface area contributed by atoms with Crippen LogP contribution in [0.5, 0.6) is 11.8 Å². The Morgan fingerprint density at radius 1 is 1.32 bits per heavy atom. The van der Waals surface area contributed by atoms with Gasteiger partial charge in [-0.15, -0.1) is 11.3 Å². The average molecular weight is 687 g/mol. The summed E-state index contributed by atoms with van der Waals surface area (Å²) in [6, 6.07) is 4.13. The van der Waals surface area contributed by atoms with Crippen LogP contribution < -0.4 is 19.7 Å². The first-order chi connectivity index (χ1) is 22.4. The standard InChI is InChI=1S/C32H30ClF3N6O4S/c1-14-12-45-26-22-25(38-30(39-28(22)41(3)15(14)2)46-13-32-7-4-8-42(32)11-16(34)9-32)24(36)21(23(26)33)17-5-6-19(35)27-20(17)18(10-37)29(47-27)40-31(43)44/h5-6,14-16,40H,4,7-9,11-13H2,1-3H3,(H,43,44)/t14?,15-,16-,32+/m1/s1. The molecule has 2 saturated heterocycles. The van der Waals surface area contributed by atoms with Gasteiger partial charge >= 0.3 is 12.1 Å². The second kappa shape index (κ2) is 11.6. The molecule has 47 heavy (non-hydrogen) atoms. The normalized spacial score (nSPS) is 24.1. The number of thiophene rings is 1. The molecule has 2 aromatic carbocycles. The number of aromatic nitrogens is 2. The molecule has 0 spiro atoms. The van der Waals surface area contributed by atoms with Crippen LogP contribution in [-0.4, -0.2) is 77.2 Å². The van der Waals surface area contributed by atoms with E-state index in [1.54, 1.807) is 0 Å². The van der Waals surface area contributed by atoms with E-state index in [-0.39, 0.29) is 84.6 Å². The predicted octanol–water partition coefficient (Wildman–Crippen LogP) is 7.21. The van der Waals surface area contributed by atoms with Gasteiger partial charge in [0.1, 0.15) is 41.0 Å². The molecule has 4 atom stereocenters. The van der Waals surface area contributed by atoms with Crippen LogP contribution in [0.3, 0.4) is 0 Å². The number of rotatable bonds is 5. The highest BCUT2D eigenvalue weighted by atomic mass is 35.5. The van der Waals surface area contributed by atoms with Crippen LogP contribution in [0.25, 0.3) is 32.1 Å². The number of fused-ring (bicyclic) bond motifs is 2. The van der Waals surface area contributed by atoms with E-state index in [4.69, 9.17) is 26.1 Å². The number of ether oxygens (including phenoxy) is 2. The molecule has 2 N–H and O–H groups in total. The van der Waals surface area contributed by atoms with E-state index in [2.05, 4.69) is 15.2 Å². The molecule has 10 nitrogen and oxygen atoms in total. The summed E-state index contributed by atoms with van der Waals surface area (Å²) in [4.78, 5) is 24.7. The minimum atomic E-state index is -1.45. The Kier molecular flexibility index (Phi) is 7.76. The SMILES string of the molecule is CC1COc2c(Cl)c(-c3ccc(F)c4sc(NC(=O)O)c(C#N)c34)c(F)c3nc(OC[C@@]45CCCN4C[C@H](F)C5)nc(c23)N(C)[C@@H]1C. The number of halogens is 4. The molecule has 1 amide bonds. The Balaban J connectivity index is 1.46. The molecule has 2 fully saturated rings. The van der Waals surface area contributed by atoms with E-state index >= 15 is 8.78 Å². The molecule has 0 aliphatic carbocycles. The summed E-state index contributed by atoms with van der Waals surface area (Å²) >= 11 is 7.70. The average Bonchev–Trinajstić information content (AvgIpc) is 3.69. The van der Waals surface area contributed by atoms with Crippen LogP contribution in [0.1, 0.15) is 38.7 Å². The fraction of sp³-hybridized carbons (Fsp3) is 0.438. The summed E-state index contributed by atoms with van der Waals surface area (Å²) in [5, 5.41) is 21.5. The third kappa shape index (κ3) is 4.98. The van der Waals surface area contributed by atoms with E-state index in [1.165, 1.54) is 6.07 Å². The number of amides is 1. The number of carboxylic acid groups (broad SMARTS) is 1. The molecule has 5 heterocycles. The number of hydrogen-bond donors (Lipinski definition) is 2. The van der Waals surface area contributed by atoms with E-state index in [0.29, 0.717) is 18.8 Å². The lowest BCUT2D eigenvalue weighted by Crippen LogP contribution is -2.43. The van der Waals surface area contributed by atoms with Crippen LogP contribution in [-0.2, 0) is 0 Å². The number of benzene rings is 2. The molecule has 7 rings (SSSR count). The van der Waals surface area contributed by atoms with Crippen molar-refractivity contribution in [2.75, 3.05) is 43.6 Å². The minimum Gasteiger partial charge on any atom is -0.491 e. The Bertz CT molecular complexity index is 2010. The Morgan fingerprint density at radius 3 is 2.85 bits per heavy atom. The molecular formula is C32H30ClF3N6O4S. The molecule has 4 aromatic rings. The minimum absolute atomic E-state index is 0.00765. The van der Waals surface area contributed by atoms with Gasteiger partial charge < -0.3 is 19.5 Å². The predicted molar refractivity (Wildman–Crippen MR) is 173 cm³/mol. The molecular weight excluding hydrogens is 657 g/mol. The number of alkyl halides is 1. The molecule has 0 bridgehead atoms. The first-order valence-corrected chi connectivity index (χ1v) is 16.4. The summed E-state index contributed by atoms with van der Waals surface area (Å²) in [5.41, 5.74) is -0.996. The molecule has 2 aromatic heterocycles. The third-order valence-corrected chi connectivity index (χ3v) is 11.3. The fourth-order valence-corrected chi connectivity index (χ4v) is 8.58. The van der Waals surface area contributed by atoms with Crippen molar-refractivity contribution in [2.24, 2.45) is 5.92 Å². The van der Waals surface area contributed by atoms with Crippen molar-refractivity contribution in [2.45, 2.75) is 50.9 Å². The largest absolute Gasteiger partial charge is 0.491 e. The number of nitrogens with zero attached hydrogens (tertiary/aromatic N) is 5. The second-order valence-corrected chi connectivity index (χ2v) is 13.9. The highest BCUT2D eigenvalue weighted by Gasteiger charge is 2.49. The summed E-state index contributed by atoms with van der Waals surface area (Å²) < 4.78 is 59.1. The summed E-state index contributed by atoms with van der Waals surface area (Å²) in [7, 11) is 1.83. The number of nitrogens with one attached hydrogen (secondary N) is 1. The summed E-state index contributed by atoms with van der Waals surface area (Å²) in [6.45, 7) is 5.44. The molecule has 1 unspecified atom stereocenters. The molecule has 0 saturated carbocycles. The van der Waals surface area contributed by atoms with E-state index in [1.807, 2.05) is 31.9 Å². The zero-order valence-electron chi connectivity index (χ0n) is 25.7. The van der Waals surface area contributed by atoms with Crippen molar-refractivity contribution in [3.63, 3.8) is 0 Å². The van der Waals surface area contributed by atoms with Crippen molar-refractivity contribution in [1.82, 2.24) is 14.9 Å². The van der Waals surface area contributed by atoms with Crippen LogP contribution in [0.4, 0.5) is 28.8 Å². The Labute approximate surface area is 276 Å². The number of nitriles is 1. The van der Waals surface area contributed by atoms with Gasteiger partial charge in [-0.1, -0.05) is 24.6 Å². The highest BCUT2D eigenvalue weighted by Crippen LogP contribution is 2.51. The number of anilines is 2. The molecule has 246 valence electrons. The first-order valence-electron chi connectivity index (χ1n) is 15.2. The van der Waals surface area contributed by atoms with Crippen LogP contribution in [0.2, 0.25) is 5.02 Å². The topological polar surface area (TPSA) is 124 Å². The summed E-state index contributed by atoms with van der Waals surface area (Å²) in [5.74, 6) is -1.20. The summed E-state index contributed by atoms with van der Waals surface area (Å²) in [6.07, 6.45) is -0.406. The third-order valence-electron chi connectivity index (χ3n) is 9.83. The van der Waals surface area contributed by atoms with E-state index in [0.717, 1.165) is 36.8 Å². The molecule has 3 aliphatic heterocycles. The number of hydrogen-bond acceptors (Lipinski definition) is 9. The van der Waals surface area contributed by atoms with Crippen molar-refractivity contribution in [3.05, 3.63) is 34.4 Å². The van der Waals surface area contributed by atoms with Gasteiger partial charge in [0, 0.05) is 42.9 Å². The first kappa shape index (κ1) is 31.5. The highest BCUT2D eigenvalue weighted by molar-refractivity contribution is 7.23. The second-order valence-electron chi connectivity index (χ2n) is 12.5. The van der Waals surface area contributed by atoms with Crippen LogP contribution >= 0.6 is 22.9 Å². The lowest BCUT2D eigenvalue weighted by molar-refractivity contribution is 0.107. The van der Waals surface area contributed by atoms with Crippen molar-refractivity contribution in [3.8, 4) is 29.0 Å². The van der Waals surface area contributed by atoms with Crippen LogP contribution in [0.15, 0.2) is 12.1 Å². The lowest BCUT2D eigenvalue weighted by Gasteiger charge is -2.35. The van der Waals surface area contributed by atoms with Gasteiger partial charge in [-0.3, -0.25) is 10.2 Å². The zero-order valence-corrected chi connectivity index (χ0v) is 27.2. The molecule has 3 aliphatic rings. The van der Waals surface area contributed by atoms with Gasteiger partial charge in [0.25, 0.3) is 0 Å². The van der Waals surface area contributed by atoms with Gasteiger partial charge in [-0.2, -0.15) is 15.2 Å². The maximum atomic E-state index is 17.1. The maximum Gasteiger partial charge on any atom is 0.409 e. The fourth-order valence-electron chi connectivity index (χ4n) is 7.17. The van der Waals surface area contributed by atoms with Gasteiger partial charge in [-0.25, -0.2) is 18.0 Å².